The number of carboxylic acids is 1. The van der Waals surface area contributed by atoms with Gasteiger partial charge in [-0.15, -0.1) is 0 Å². The molecule has 45 heavy (non-hydrogen) atoms. The van der Waals surface area contributed by atoms with Gasteiger partial charge in [0.15, 0.2) is 0 Å². The number of para-hydroxylation sites is 1. The van der Waals surface area contributed by atoms with Crippen LogP contribution in [0.5, 0.6) is 0 Å². The number of hydrogen-bond acceptors (Lipinski definition) is 7. The third kappa shape index (κ3) is 9.49. The van der Waals surface area contributed by atoms with Gasteiger partial charge < -0.3 is 42.5 Å². The molecule has 0 aliphatic rings. The zero-order chi connectivity index (χ0) is 32.2. The van der Waals surface area contributed by atoms with Crippen LogP contribution in [-0.2, 0) is 38.4 Å². The van der Waals surface area contributed by atoms with Crippen LogP contribution in [0.25, 0.3) is 10.9 Å². The highest BCUT2D eigenvalue weighted by Crippen LogP contribution is 2.19. The smallest absolute Gasteiger partial charge is 0.326 e. The van der Waals surface area contributed by atoms with Gasteiger partial charge in [0.25, 0.3) is 0 Å². The standard InChI is InChI=1S/C32H40N8O5/c33-13-7-6-12-26(30(42)40-28(32(44)45)16-22-18-35-19-37-22)38-31(43)27(14-20-8-2-1-3-9-20)39-29(41)24(34)15-21-17-36-25-11-5-4-10-23(21)25/h1-5,8-11,17-19,24,26-28,36H,6-7,12-16,33-34H2,(H,35,37)(H,38,43)(H,39,41)(H,40,42)(H,44,45). The molecule has 0 aliphatic carbocycles. The number of unbranched alkanes of at least 4 members (excludes halogenated alkanes) is 1. The lowest BCUT2D eigenvalue weighted by atomic mass is 10.0. The predicted molar refractivity (Wildman–Crippen MR) is 169 cm³/mol. The molecule has 2 aromatic carbocycles. The van der Waals surface area contributed by atoms with E-state index in [1.54, 1.807) is 0 Å². The summed E-state index contributed by atoms with van der Waals surface area (Å²) in [5, 5.41) is 18.8. The minimum atomic E-state index is -1.26. The van der Waals surface area contributed by atoms with E-state index in [0.29, 0.717) is 25.1 Å². The molecule has 0 aliphatic heterocycles. The number of amides is 3. The van der Waals surface area contributed by atoms with Crippen LogP contribution in [0.2, 0.25) is 0 Å². The van der Waals surface area contributed by atoms with E-state index in [1.165, 1.54) is 12.5 Å². The van der Waals surface area contributed by atoms with Crippen LogP contribution in [0.3, 0.4) is 0 Å². The number of imidazole rings is 1. The SMILES string of the molecule is NCCCCC(NC(=O)C(Cc1ccccc1)NC(=O)C(N)Cc1c[nH]c2ccccc12)C(=O)NC(Cc1cnc[nH]1)C(=O)O. The maximum Gasteiger partial charge on any atom is 0.326 e. The van der Waals surface area contributed by atoms with Gasteiger partial charge in [0, 0.05) is 41.8 Å². The van der Waals surface area contributed by atoms with Crippen LogP contribution in [0, 0.1) is 0 Å². The van der Waals surface area contributed by atoms with Gasteiger partial charge in [-0.05, 0) is 49.4 Å². The van der Waals surface area contributed by atoms with Gasteiger partial charge in [0.05, 0.1) is 12.4 Å². The molecule has 4 rings (SSSR count). The molecule has 4 atom stereocenters. The van der Waals surface area contributed by atoms with Crippen LogP contribution < -0.4 is 27.4 Å². The molecule has 2 aromatic heterocycles. The van der Waals surface area contributed by atoms with Crippen LogP contribution in [0.1, 0.15) is 36.1 Å². The fourth-order valence-corrected chi connectivity index (χ4v) is 5.09. The molecular weight excluding hydrogens is 576 g/mol. The molecule has 0 fully saturated rings. The molecule has 0 radical (unpaired) electrons. The second kappa shape index (κ2) is 16.2. The summed E-state index contributed by atoms with van der Waals surface area (Å²) >= 11 is 0. The summed E-state index contributed by atoms with van der Waals surface area (Å²) in [6.07, 6.45) is 6.40. The molecule has 238 valence electrons. The summed E-state index contributed by atoms with van der Waals surface area (Å²) in [7, 11) is 0. The van der Waals surface area contributed by atoms with Crippen LogP contribution in [0.4, 0.5) is 0 Å². The first-order valence-corrected chi connectivity index (χ1v) is 14.9. The van der Waals surface area contributed by atoms with E-state index in [4.69, 9.17) is 11.5 Å². The van der Waals surface area contributed by atoms with Crippen molar-refractivity contribution in [3.8, 4) is 0 Å². The summed E-state index contributed by atoms with van der Waals surface area (Å²) in [5.74, 6) is -3.01. The number of nitrogens with one attached hydrogen (secondary N) is 5. The van der Waals surface area contributed by atoms with Crippen molar-refractivity contribution >= 4 is 34.6 Å². The highest BCUT2D eigenvalue weighted by Gasteiger charge is 2.31. The largest absolute Gasteiger partial charge is 0.480 e. The molecule has 4 aromatic rings. The van der Waals surface area contributed by atoms with E-state index in [1.807, 2.05) is 60.8 Å². The number of carbonyl (C=O) groups is 4. The number of rotatable bonds is 17. The molecule has 0 spiro atoms. The summed E-state index contributed by atoms with van der Waals surface area (Å²) in [6.45, 7) is 0.390. The average Bonchev–Trinajstić information content (AvgIpc) is 3.70. The lowest BCUT2D eigenvalue weighted by Gasteiger charge is -2.25. The van der Waals surface area contributed by atoms with Crippen LogP contribution in [-0.4, -0.2) is 74.5 Å². The number of aromatic amines is 2. The molecule has 0 saturated heterocycles. The molecule has 3 amide bonds. The van der Waals surface area contributed by atoms with Crippen molar-refractivity contribution in [3.63, 3.8) is 0 Å². The molecule has 0 saturated carbocycles. The number of H-pyrrole nitrogens is 2. The summed E-state index contributed by atoms with van der Waals surface area (Å²) < 4.78 is 0. The number of fused-ring (bicyclic) bond motifs is 1. The first kappa shape index (κ1) is 32.9. The minimum absolute atomic E-state index is 0.0223. The maximum atomic E-state index is 13.7. The van der Waals surface area contributed by atoms with Gasteiger partial charge in [0.1, 0.15) is 18.1 Å². The van der Waals surface area contributed by atoms with E-state index in [9.17, 15) is 24.3 Å². The van der Waals surface area contributed by atoms with Crippen LogP contribution >= 0.6 is 0 Å². The second-order valence-electron chi connectivity index (χ2n) is 10.9. The summed E-state index contributed by atoms with van der Waals surface area (Å²) in [5.41, 5.74) is 15.1. The first-order valence-electron chi connectivity index (χ1n) is 14.9. The lowest BCUT2D eigenvalue weighted by molar-refractivity contribution is -0.142. The van der Waals surface area contributed by atoms with E-state index in [2.05, 4.69) is 30.9 Å². The van der Waals surface area contributed by atoms with Gasteiger partial charge in [0.2, 0.25) is 17.7 Å². The highest BCUT2D eigenvalue weighted by molar-refractivity contribution is 5.94. The second-order valence-corrected chi connectivity index (χ2v) is 10.9. The lowest BCUT2D eigenvalue weighted by Crippen LogP contribution is -2.58. The van der Waals surface area contributed by atoms with Crippen molar-refractivity contribution in [2.75, 3.05) is 6.54 Å². The summed E-state index contributed by atoms with van der Waals surface area (Å²) in [4.78, 5) is 62.2. The highest BCUT2D eigenvalue weighted by atomic mass is 16.4. The fraction of sp³-hybridized carbons (Fsp3) is 0.344. The van der Waals surface area contributed by atoms with E-state index >= 15 is 0 Å². The molecule has 4 unspecified atom stereocenters. The van der Waals surface area contributed by atoms with Crippen molar-refractivity contribution in [2.24, 2.45) is 11.5 Å². The van der Waals surface area contributed by atoms with E-state index in [-0.39, 0.29) is 25.7 Å². The van der Waals surface area contributed by atoms with Crippen molar-refractivity contribution < 1.29 is 24.3 Å². The Morgan fingerprint density at radius 3 is 2.20 bits per heavy atom. The zero-order valence-electron chi connectivity index (χ0n) is 24.9. The third-order valence-corrected chi connectivity index (χ3v) is 7.54. The Morgan fingerprint density at radius 1 is 0.800 bits per heavy atom. The number of aliphatic carboxylic acids is 1. The number of benzene rings is 2. The number of aromatic nitrogens is 3. The number of carboxylic acid groups (broad SMARTS) is 1. The molecule has 13 heteroatoms. The monoisotopic (exact) mass is 616 g/mol. The Morgan fingerprint density at radius 2 is 1.49 bits per heavy atom. The van der Waals surface area contributed by atoms with E-state index in [0.717, 1.165) is 22.0 Å². The molecule has 0 bridgehead atoms. The van der Waals surface area contributed by atoms with Gasteiger partial charge >= 0.3 is 5.97 Å². The number of carbonyl (C=O) groups excluding carboxylic acids is 3. The van der Waals surface area contributed by atoms with Crippen LogP contribution in [0.15, 0.2) is 73.3 Å². The van der Waals surface area contributed by atoms with Gasteiger partial charge in [-0.2, -0.15) is 0 Å². The normalized spacial score (nSPS) is 13.8. The predicted octanol–water partition coefficient (Wildman–Crippen LogP) is 0.914. The number of nitrogens with two attached hydrogens (primary N) is 2. The molecular formula is C32H40N8O5. The topological polar surface area (TPSA) is 221 Å². The fourth-order valence-electron chi connectivity index (χ4n) is 5.09. The minimum Gasteiger partial charge on any atom is -0.480 e. The molecule has 13 nitrogen and oxygen atoms in total. The maximum absolute atomic E-state index is 13.7. The van der Waals surface area contributed by atoms with Crippen molar-refractivity contribution in [1.29, 1.82) is 0 Å². The Bertz CT molecular complexity index is 1560. The van der Waals surface area contributed by atoms with Gasteiger partial charge in [-0.25, -0.2) is 9.78 Å². The number of nitrogens with zero attached hydrogens (tertiary/aromatic N) is 1. The van der Waals surface area contributed by atoms with Gasteiger partial charge in [-0.1, -0.05) is 48.5 Å². The summed E-state index contributed by atoms with van der Waals surface area (Å²) in [6, 6.07) is 12.5. The van der Waals surface area contributed by atoms with Gasteiger partial charge in [-0.3, -0.25) is 14.4 Å². The average molecular weight is 617 g/mol. The number of hydrogen-bond donors (Lipinski definition) is 8. The quantitative estimate of drug-likeness (QED) is 0.0795. The Labute approximate surface area is 260 Å². The van der Waals surface area contributed by atoms with Crippen molar-refractivity contribution in [1.82, 2.24) is 30.9 Å². The van der Waals surface area contributed by atoms with E-state index < -0.39 is 47.9 Å². The first-order chi connectivity index (χ1) is 21.7. The molecule has 2 heterocycles. The van der Waals surface area contributed by atoms with Crippen molar-refractivity contribution in [3.05, 3.63) is 90.1 Å². The molecule has 10 N–H and O–H groups in total. The Balaban J connectivity index is 1.48. The van der Waals surface area contributed by atoms with Crippen molar-refractivity contribution in [2.45, 2.75) is 62.7 Å². The third-order valence-electron chi connectivity index (χ3n) is 7.54. The zero-order valence-corrected chi connectivity index (χ0v) is 24.9. The Kier molecular flexibility index (Phi) is 11.8. The Hall–Kier alpha value is -5.01.